The number of methoxy groups -OCH3 is 1. The Morgan fingerprint density at radius 1 is 0.974 bits per heavy atom. The monoisotopic (exact) mass is 559 g/mol. The van der Waals surface area contributed by atoms with E-state index in [1.807, 2.05) is 61.5 Å². The van der Waals surface area contributed by atoms with Crippen molar-refractivity contribution in [2.75, 3.05) is 12.0 Å². The highest BCUT2D eigenvalue weighted by molar-refractivity contribution is 7.18. The highest BCUT2D eigenvalue weighted by Crippen LogP contribution is 2.45. The standard InChI is InChI=1S/C29H25N3O5S2/c1-5-17-11-13-18(14-12-17)21-20(22(33)24-15(2)30-26(38-24)19-9-7-6-8-10-19)23(34)27(35)32(21)29-31-16(3)25(39-29)28(36)37-4/h6-14,21,34H,5H2,1-4H3. The number of hydrogen-bond acceptors (Lipinski definition) is 9. The second-order valence-electron chi connectivity index (χ2n) is 8.97. The number of hydrogen-bond donors (Lipinski definition) is 1. The van der Waals surface area contributed by atoms with Gasteiger partial charge in [0.15, 0.2) is 10.9 Å². The molecule has 1 atom stereocenters. The SMILES string of the molecule is CCc1ccc(C2C(C(=O)c3sc(-c4ccccc4)nc3C)=C(O)C(=O)N2c2nc(C)c(C(=O)OC)s2)cc1. The number of anilines is 1. The summed E-state index contributed by atoms with van der Waals surface area (Å²) in [4.78, 5) is 50.8. The zero-order valence-electron chi connectivity index (χ0n) is 21.7. The van der Waals surface area contributed by atoms with Gasteiger partial charge in [0, 0.05) is 5.56 Å². The van der Waals surface area contributed by atoms with Crippen LogP contribution in [0.25, 0.3) is 10.6 Å². The lowest BCUT2D eigenvalue weighted by atomic mass is 9.94. The minimum Gasteiger partial charge on any atom is -0.503 e. The Morgan fingerprint density at radius 2 is 1.64 bits per heavy atom. The Kier molecular flexibility index (Phi) is 7.16. The molecule has 1 amide bonds. The number of rotatable bonds is 7. The van der Waals surface area contributed by atoms with Crippen LogP contribution in [0, 0.1) is 13.8 Å². The maximum atomic E-state index is 14.1. The number of aryl methyl sites for hydroxylation is 3. The molecule has 0 aliphatic carbocycles. The van der Waals surface area contributed by atoms with Gasteiger partial charge in [0.1, 0.15) is 9.88 Å². The van der Waals surface area contributed by atoms with Gasteiger partial charge in [-0.3, -0.25) is 14.5 Å². The molecule has 0 fully saturated rings. The molecule has 8 nitrogen and oxygen atoms in total. The minimum absolute atomic E-state index is 0.0527. The molecule has 4 aromatic rings. The minimum atomic E-state index is -0.950. The third-order valence-corrected chi connectivity index (χ3v) is 8.88. The fourth-order valence-electron chi connectivity index (χ4n) is 4.49. The summed E-state index contributed by atoms with van der Waals surface area (Å²) in [6, 6.07) is 16.1. The van der Waals surface area contributed by atoms with Crippen molar-refractivity contribution in [2.24, 2.45) is 0 Å². The van der Waals surface area contributed by atoms with Crippen LogP contribution in [0.4, 0.5) is 5.13 Å². The fourth-order valence-corrected chi connectivity index (χ4v) is 6.52. The predicted octanol–water partition coefficient (Wildman–Crippen LogP) is 6.02. The van der Waals surface area contributed by atoms with Gasteiger partial charge in [0.25, 0.3) is 5.91 Å². The lowest BCUT2D eigenvalue weighted by Gasteiger charge is -2.24. The first kappa shape index (κ1) is 26.5. The maximum Gasteiger partial charge on any atom is 0.350 e. The van der Waals surface area contributed by atoms with Gasteiger partial charge < -0.3 is 9.84 Å². The normalized spacial score (nSPS) is 15.2. The fraction of sp³-hybridized carbons (Fsp3) is 0.207. The average Bonchev–Trinajstić information content (AvgIpc) is 3.61. The maximum absolute atomic E-state index is 14.1. The van der Waals surface area contributed by atoms with Crippen LogP contribution in [0.5, 0.6) is 0 Å². The number of ketones is 1. The first-order valence-corrected chi connectivity index (χ1v) is 13.9. The molecular weight excluding hydrogens is 534 g/mol. The number of carbonyl (C=O) groups is 3. The highest BCUT2D eigenvalue weighted by atomic mass is 32.1. The van der Waals surface area contributed by atoms with Crippen LogP contribution in [0.2, 0.25) is 0 Å². The zero-order chi connectivity index (χ0) is 27.8. The Morgan fingerprint density at radius 3 is 2.28 bits per heavy atom. The van der Waals surface area contributed by atoms with Crippen molar-refractivity contribution < 1.29 is 24.2 Å². The number of thiazole rings is 2. The van der Waals surface area contributed by atoms with Crippen molar-refractivity contribution in [2.45, 2.75) is 33.2 Å². The molecule has 5 rings (SSSR count). The van der Waals surface area contributed by atoms with Crippen molar-refractivity contribution in [1.29, 1.82) is 0 Å². The first-order chi connectivity index (χ1) is 18.7. The second-order valence-corrected chi connectivity index (χ2v) is 10.9. The molecule has 1 aliphatic rings. The van der Waals surface area contributed by atoms with Gasteiger partial charge in [-0.15, -0.1) is 11.3 Å². The van der Waals surface area contributed by atoms with Gasteiger partial charge in [-0.05, 0) is 31.4 Å². The van der Waals surface area contributed by atoms with Gasteiger partial charge in [0.05, 0.1) is 35.0 Å². The number of amides is 1. The van der Waals surface area contributed by atoms with E-state index >= 15 is 0 Å². The largest absolute Gasteiger partial charge is 0.503 e. The quantitative estimate of drug-likeness (QED) is 0.218. The number of carbonyl (C=O) groups excluding carboxylic acids is 3. The molecule has 39 heavy (non-hydrogen) atoms. The molecule has 10 heteroatoms. The zero-order valence-corrected chi connectivity index (χ0v) is 23.4. The number of aromatic nitrogens is 2. The summed E-state index contributed by atoms with van der Waals surface area (Å²) in [6.07, 6.45) is 0.816. The predicted molar refractivity (Wildman–Crippen MR) is 151 cm³/mol. The molecule has 2 aromatic heterocycles. The summed E-state index contributed by atoms with van der Waals surface area (Å²) >= 11 is 2.19. The molecule has 198 valence electrons. The molecule has 1 aliphatic heterocycles. The van der Waals surface area contributed by atoms with Gasteiger partial charge in [-0.2, -0.15) is 0 Å². The number of esters is 1. The summed E-state index contributed by atoms with van der Waals surface area (Å²) in [5.41, 5.74) is 3.42. The van der Waals surface area contributed by atoms with Gasteiger partial charge in [-0.1, -0.05) is 72.9 Å². The van der Waals surface area contributed by atoms with Gasteiger partial charge >= 0.3 is 5.97 Å². The number of benzene rings is 2. The smallest absolute Gasteiger partial charge is 0.350 e. The van der Waals surface area contributed by atoms with E-state index in [1.54, 1.807) is 13.8 Å². The number of Topliss-reactive ketones (excluding diaryl/α,β-unsaturated/α-hetero) is 1. The summed E-state index contributed by atoms with van der Waals surface area (Å²) in [5, 5.41) is 12.0. The van der Waals surface area contributed by atoms with Crippen molar-refractivity contribution in [3.63, 3.8) is 0 Å². The van der Waals surface area contributed by atoms with Gasteiger partial charge in [0.2, 0.25) is 5.78 Å². The summed E-state index contributed by atoms with van der Waals surface area (Å²) in [6.45, 7) is 5.41. The van der Waals surface area contributed by atoms with Crippen LogP contribution in [-0.2, 0) is 16.0 Å². The molecule has 0 spiro atoms. The van der Waals surface area contributed by atoms with Crippen LogP contribution in [0.15, 0.2) is 65.9 Å². The van der Waals surface area contributed by atoms with Crippen molar-refractivity contribution in [3.05, 3.63) is 98.2 Å². The Labute approximate surface area is 233 Å². The van der Waals surface area contributed by atoms with E-state index in [0.29, 0.717) is 26.8 Å². The molecule has 1 N–H and O–H groups in total. The highest BCUT2D eigenvalue weighted by Gasteiger charge is 2.47. The lowest BCUT2D eigenvalue weighted by molar-refractivity contribution is -0.117. The van der Waals surface area contributed by atoms with Crippen LogP contribution < -0.4 is 4.90 Å². The van der Waals surface area contributed by atoms with E-state index in [0.717, 1.165) is 28.9 Å². The Balaban J connectivity index is 1.63. The number of aliphatic hydroxyl groups excluding tert-OH is 1. The van der Waals surface area contributed by atoms with E-state index < -0.39 is 29.5 Å². The number of aliphatic hydroxyl groups is 1. The Hall–Kier alpha value is -4.15. The average molecular weight is 560 g/mol. The topological polar surface area (TPSA) is 110 Å². The first-order valence-electron chi connectivity index (χ1n) is 12.2. The van der Waals surface area contributed by atoms with Crippen LogP contribution >= 0.6 is 22.7 Å². The second kappa shape index (κ2) is 10.5. The van der Waals surface area contributed by atoms with Crippen molar-refractivity contribution in [1.82, 2.24) is 9.97 Å². The van der Waals surface area contributed by atoms with E-state index in [9.17, 15) is 19.5 Å². The third-order valence-electron chi connectivity index (χ3n) is 6.54. The molecule has 0 saturated carbocycles. The molecule has 0 bridgehead atoms. The van der Waals surface area contributed by atoms with Crippen LogP contribution in [0.3, 0.4) is 0 Å². The summed E-state index contributed by atoms with van der Waals surface area (Å²) in [7, 11) is 1.27. The summed E-state index contributed by atoms with van der Waals surface area (Å²) in [5.74, 6) is -2.47. The van der Waals surface area contributed by atoms with E-state index in [4.69, 9.17) is 4.74 Å². The lowest BCUT2D eigenvalue weighted by Crippen LogP contribution is -2.31. The molecule has 0 radical (unpaired) electrons. The van der Waals surface area contributed by atoms with E-state index in [-0.39, 0.29) is 15.6 Å². The van der Waals surface area contributed by atoms with E-state index in [2.05, 4.69) is 9.97 Å². The van der Waals surface area contributed by atoms with E-state index in [1.165, 1.54) is 23.3 Å². The van der Waals surface area contributed by atoms with Crippen molar-refractivity contribution in [3.8, 4) is 10.6 Å². The van der Waals surface area contributed by atoms with Gasteiger partial charge in [-0.25, -0.2) is 14.8 Å². The Bertz CT molecular complexity index is 1620. The molecule has 2 aromatic carbocycles. The number of ether oxygens (including phenoxy) is 1. The molecule has 3 heterocycles. The number of nitrogens with zero attached hydrogens (tertiary/aromatic N) is 3. The molecular formula is C29H25N3O5S2. The van der Waals surface area contributed by atoms with Crippen molar-refractivity contribution >= 4 is 45.5 Å². The van der Waals surface area contributed by atoms with Crippen LogP contribution in [0.1, 0.15) is 54.8 Å². The molecule has 0 saturated heterocycles. The third kappa shape index (κ3) is 4.66. The summed E-state index contributed by atoms with van der Waals surface area (Å²) < 4.78 is 4.86. The van der Waals surface area contributed by atoms with Crippen LogP contribution in [-0.4, -0.2) is 39.8 Å². The molecule has 1 unspecified atom stereocenters.